The molecule has 0 saturated carbocycles. The quantitative estimate of drug-likeness (QED) is 0.830. The maximum absolute atomic E-state index is 5.87. The third-order valence-electron chi connectivity index (χ3n) is 3.09. The van der Waals surface area contributed by atoms with Crippen molar-refractivity contribution in [2.75, 3.05) is 6.54 Å². The minimum Gasteiger partial charge on any atom is -0.445 e. The summed E-state index contributed by atoms with van der Waals surface area (Å²) < 4.78 is 5.87. The highest BCUT2D eigenvalue weighted by molar-refractivity contribution is 5.19. The van der Waals surface area contributed by atoms with Crippen LogP contribution in [0.2, 0.25) is 0 Å². The Labute approximate surface area is 91.1 Å². The van der Waals surface area contributed by atoms with Gasteiger partial charge in [0.25, 0.3) is 0 Å². The molecule has 0 bridgehead atoms. The second kappa shape index (κ2) is 4.35. The van der Waals surface area contributed by atoms with Crippen LogP contribution < -0.4 is 5.73 Å². The number of rotatable bonds is 3. The van der Waals surface area contributed by atoms with E-state index in [9.17, 15) is 0 Å². The topological polar surface area (TPSA) is 52.0 Å². The zero-order valence-corrected chi connectivity index (χ0v) is 9.62. The number of hydrogen-bond acceptors (Lipinski definition) is 3. The second-order valence-corrected chi connectivity index (χ2v) is 4.68. The zero-order valence-electron chi connectivity index (χ0n) is 9.62. The van der Waals surface area contributed by atoms with Crippen molar-refractivity contribution in [2.45, 2.75) is 51.4 Å². The van der Waals surface area contributed by atoms with Crippen LogP contribution in [-0.2, 0) is 6.42 Å². The van der Waals surface area contributed by atoms with Crippen molar-refractivity contribution in [3.05, 3.63) is 17.3 Å². The van der Waals surface area contributed by atoms with Crippen LogP contribution in [-0.4, -0.2) is 11.5 Å². The fraction of sp³-hybridized carbons (Fsp3) is 0.750. The summed E-state index contributed by atoms with van der Waals surface area (Å²) >= 11 is 0. The summed E-state index contributed by atoms with van der Waals surface area (Å²) in [5, 5.41) is 0. The smallest absolute Gasteiger partial charge is 0.197 e. The van der Waals surface area contributed by atoms with E-state index in [1.54, 1.807) is 0 Å². The van der Waals surface area contributed by atoms with Gasteiger partial charge in [0.1, 0.15) is 5.76 Å². The molecule has 0 fully saturated rings. The first-order valence-corrected chi connectivity index (χ1v) is 5.92. The van der Waals surface area contributed by atoms with Crippen molar-refractivity contribution >= 4 is 0 Å². The van der Waals surface area contributed by atoms with Gasteiger partial charge in [0.2, 0.25) is 0 Å². The molecule has 1 aromatic rings. The molecule has 3 nitrogen and oxygen atoms in total. The minimum atomic E-state index is 0.383. The Morgan fingerprint density at radius 1 is 1.53 bits per heavy atom. The predicted molar refractivity (Wildman–Crippen MR) is 59.9 cm³/mol. The van der Waals surface area contributed by atoms with Crippen molar-refractivity contribution in [1.29, 1.82) is 0 Å². The summed E-state index contributed by atoms with van der Waals surface area (Å²) in [6.07, 6.45) is 4.53. The SMILES string of the molecule is CC(C)c1nc2c(o1)C(CCN)CCC2. The van der Waals surface area contributed by atoms with Crippen molar-refractivity contribution in [3.8, 4) is 0 Å². The standard InChI is InChI=1S/C12H20N2O/c1-8(2)12-14-10-5-3-4-9(6-7-13)11(10)15-12/h8-9H,3-7,13H2,1-2H3. The van der Waals surface area contributed by atoms with Crippen molar-refractivity contribution in [3.63, 3.8) is 0 Å². The van der Waals surface area contributed by atoms with Crippen LogP contribution in [0.25, 0.3) is 0 Å². The van der Waals surface area contributed by atoms with Gasteiger partial charge in [-0.2, -0.15) is 0 Å². The minimum absolute atomic E-state index is 0.383. The molecule has 1 atom stereocenters. The largest absolute Gasteiger partial charge is 0.445 e. The normalized spacial score (nSPS) is 20.7. The number of fused-ring (bicyclic) bond motifs is 1. The predicted octanol–water partition coefficient (Wildman–Crippen LogP) is 2.57. The van der Waals surface area contributed by atoms with E-state index in [-0.39, 0.29) is 0 Å². The third kappa shape index (κ3) is 2.07. The van der Waals surface area contributed by atoms with Crippen LogP contribution in [0.3, 0.4) is 0 Å². The van der Waals surface area contributed by atoms with Crippen LogP contribution in [0.15, 0.2) is 4.42 Å². The van der Waals surface area contributed by atoms with E-state index in [0.717, 1.165) is 31.0 Å². The third-order valence-corrected chi connectivity index (χ3v) is 3.09. The van der Waals surface area contributed by atoms with E-state index >= 15 is 0 Å². The Kier molecular flexibility index (Phi) is 3.10. The van der Waals surface area contributed by atoms with Crippen molar-refractivity contribution < 1.29 is 4.42 Å². The maximum atomic E-state index is 5.87. The lowest BCUT2D eigenvalue weighted by molar-refractivity contribution is 0.375. The maximum Gasteiger partial charge on any atom is 0.197 e. The van der Waals surface area contributed by atoms with Crippen LogP contribution in [0, 0.1) is 0 Å². The molecule has 1 aromatic heterocycles. The molecule has 1 aliphatic carbocycles. The fourth-order valence-electron chi connectivity index (χ4n) is 2.25. The summed E-state index contributed by atoms with van der Waals surface area (Å²) in [7, 11) is 0. The van der Waals surface area contributed by atoms with Gasteiger partial charge in [-0.1, -0.05) is 13.8 Å². The van der Waals surface area contributed by atoms with Gasteiger partial charge >= 0.3 is 0 Å². The Morgan fingerprint density at radius 2 is 2.33 bits per heavy atom. The summed E-state index contributed by atoms with van der Waals surface area (Å²) in [6.45, 7) is 4.98. The van der Waals surface area contributed by atoms with Gasteiger partial charge in [-0.05, 0) is 32.2 Å². The van der Waals surface area contributed by atoms with Crippen LogP contribution in [0.5, 0.6) is 0 Å². The summed E-state index contributed by atoms with van der Waals surface area (Å²) in [5.74, 6) is 2.91. The molecule has 0 aliphatic heterocycles. The van der Waals surface area contributed by atoms with Gasteiger partial charge < -0.3 is 10.2 Å². The van der Waals surface area contributed by atoms with E-state index in [1.807, 2.05) is 0 Å². The first kappa shape index (κ1) is 10.7. The number of nitrogens with two attached hydrogens (primary N) is 1. The number of oxazole rings is 1. The first-order chi connectivity index (χ1) is 7.22. The average Bonchev–Trinajstić information content (AvgIpc) is 2.63. The van der Waals surface area contributed by atoms with Gasteiger partial charge in [-0.15, -0.1) is 0 Å². The molecule has 2 N–H and O–H groups in total. The summed E-state index contributed by atoms with van der Waals surface area (Å²) in [6, 6.07) is 0. The summed E-state index contributed by atoms with van der Waals surface area (Å²) in [4.78, 5) is 4.58. The molecule has 0 amide bonds. The van der Waals surface area contributed by atoms with E-state index < -0.39 is 0 Å². The molecule has 0 aromatic carbocycles. The molecule has 0 radical (unpaired) electrons. The Balaban J connectivity index is 2.26. The Morgan fingerprint density at radius 3 is 3.00 bits per heavy atom. The van der Waals surface area contributed by atoms with Gasteiger partial charge in [-0.25, -0.2) is 4.98 Å². The van der Waals surface area contributed by atoms with Gasteiger partial charge in [-0.3, -0.25) is 0 Å². The molecule has 1 unspecified atom stereocenters. The molecular formula is C12H20N2O. The van der Waals surface area contributed by atoms with Gasteiger partial charge in [0, 0.05) is 11.8 Å². The number of hydrogen-bond donors (Lipinski definition) is 1. The van der Waals surface area contributed by atoms with Crippen LogP contribution in [0.1, 0.15) is 62.3 Å². The zero-order chi connectivity index (χ0) is 10.8. The molecule has 84 valence electrons. The second-order valence-electron chi connectivity index (χ2n) is 4.68. The first-order valence-electron chi connectivity index (χ1n) is 5.92. The average molecular weight is 208 g/mol. The van der Waals surface area contributed by atoms with E-state index in [2.05, 4.69) is 18.8 Å². The highest BCUT2D eigenvalue weighted by atomic mass is 16.4. The van der Waals surface area contributed by atoms with E-state index in [4.69, 9.17) is 10.2 Å². The molecular weight excluding hydrogens is 188 g/mol. The molecule has 1 heterocycles. The van der Waals surface area contributed by atoms with Crippen LogP contribution >= 0.6 is 0 Å². The Hall–Kier alpha value is -0.830. The highest BCUT2D eigenvalue weighted by Gasteiger charge is 2.26. The van der Waals surface area contributed by atoms with E-state index in [1.165, 1.54) is 18.5 Å². The Bertz CT molecular complexity index is 330. The summed E-state index contributed by atoms with van der Waals surface area (Å²) in [5.41, 5.74) is 6.80. The lowest BCUT2D eigenvalue weighted by atomic mass is 9.88. The van der Waals surface area contributed by atoms with Crippen molar-refractivity contribution in [2.24, 2.45) is 5.73 Å². The molecule has 0 saturated heterocycles. The molecule has 2 rings (SSSR count). The van der Waals surface area contributed by atoms with Gasteiger partial charge in [0.05, 0.1) is 5.69 Å². The molecule has 15 heavy (non-hydrogen) atoms. The highest BCUT2D eigenvalue weighted by Crippen LogP contribution is 2.35. The fourth-order valence-corrected chi connectivity index (χ4v) is 2.25. The lowest BCUT2D eigenvalue weighted by Crippen LogP contribution is -2.12. The molecule has 3 heteroatoms. The number of aromatic nitrogens is 1. The lowest BCUT2D eigenvalue weighted by Gasteiger charge is -2.18. The van der Waals surface area contributed by atoms with E-state index in [0.29, 0.717) is 11.8 Å². The van der Waals surface area contributed by atoms with Gasteiger partial charge in [0.15, 0.2) is 5.89 Å². The monoisotopic (exact) mass is 208 g/mol. The van der Waals surface area contributed by atoms with Crippen LogP contribution in [0.4, 0.5) is 0 Å². The molecule has 0 spiro atoms. The number of nitrogens with zero attached hydrogens (tertiary/aromatic N) is 1. The number of aryl methyl sites for hydroxylation is 1. The molecule has 1 aliphatic rings. The van der Waals surface area contributed by atoms with Crippen molar-refractivity contribution in [1.82, 2.24) is 4.98 Å².